The molecule has 0 spiro atoms. The Morgan fingerprint density at radius 1 is 1.05 bits per heavy atom. The summed E-state index contributed by atoms with van der Waals surface area (Å²) in [6.45, 7) is 0. The maximum absolute atomic E-state index is 10.8. The number of benzene rings is 2. The summed E-state index contributed by atoms with van der Waals surface area (Å²) in [4.78, 5) is 0. The molecular weight excluding hydrogens is 278 g/mol. The fourth-order valence-electron chi connectivity index (χ4n) is 1.62. The molecule has 0 aliphatic heterocycles. The van der Waals surface area contributed by atoms with E-state index >= 15 is 0 Å². The third-order valence-corrected chi connectivity index (χ3v) is 2.88. The van der Waals surface area contributed by atoms with E-state index in [1.54, 1.807) is 24.3 Å². The second-order valence-corrected chi connectivity index (χ2v) is 5.07. The van der Waals surface area contributed by atoms with Crippen LogP contribution in [-0.2, 0) is 10.4 Å². The van der Waals surface area contributed by atoms with Crippen LogP contribution < -0.4 is 9.92 Å². The van der Waals surface area contributed by atoms with E-state index in [9.17, 15) is 8.42 Å². The molecule has 0 bridgehead atoms. The Balaban J connectivity index is 2.34. The van der Waals surface area contributed by atoms with Crippen molar-refractivity contribution in [3.8, 4) is 5.75 Å². The van der Waals surface area contributed by atoms with E-state index < -0.39 is 10.4 Å². The molecule has 0 aliphatic carbocycles. The smallest absolute Gasteiger partial charge is 0.399 e. The fraction of sp³-hybridized carbons (Fsp3) is 0. The van der Waals surface area contributed by atoms with Crippen molar-refractivity contribution in [3.63, 3.8) is 0 Å². The molecule has 5 nitrogen and oxygen atoms in total. The van der Waals surface area contributed by atoms with Gasteiger partial charge in [-0.25, -0.2) is 0 Å². The summed E-state index contributed by atoms with van der Waals surface area (Å²) < 4.78 is 34.9. The minimum Gasteiger partial charge on any atom is -0.399 e. The Morgan fingerprint density at radius 3 is 2.40 bits per heavy atom. The van der Waals surface area contributed by atoms with E-state index in [4.69, 9.17) is 10.3 Å². The second-order valence-electron chi connectivity index (χ2n) is 4.05. The van der Waals surface area contributed by atoms with Gasteiger partial charge in [0.1, 0.15) is 0 Å². The maximum Gasteiger partial charge on any atom is 0.446 e. The zero-order chi connectivity index (χ0) is 14.6. The molecule has 2 aromatic carbocycles. The van der Waals surface area contributed by atoms with Crippen LogP contribution in [0.15, 0.2) is 48.5 Å². The summed E-state index contributed by atoms with van der Waals surface area (Å²) in [5.74, 6) is -0.0281. The van der Waals surface area contributed by atoms with Gasteiger partial charge < -0.3 is 9.92 Å². The van der Waals surface area contributed by atoms with Crippen molar-refractivity contribution in [1.82, 2.24) is 0 Å². The molecular formula is C14H13NO4S. The van der Waals surface area contributed by atoms with Crippen LogP contribution in [0, 0.1) is 0 Å². The Morgan fingerprint density at radius 2 is 1.75 bits per heavy atom. The monoisotopic (exact) mass is 291 g/mol. The predicted molar refractivity (Wildman–Crippen MR) is 78.4 cm³/mol. The maximum atomic E-state index is 10.8. The molecule has 20 heavy (non-hydrogen) atoms. The molecule has 0 heterocycles. The zero-order valence-corrected chi connectivity index (χ0v) is 11.2. The summed E-state index contributed by atoms with van der Waals surface area (Å²) in [5.41, 5.74) is 7.34. The number of anilines is 1. The molecule has 0 radical (unpaired) electrons. The van der Waals surface area contributed by atoms with Crippen molar-refractivity contribution in [3.05, 3.63) is 59.7 Å². The first-order chi connectivity index (χ1) is 9.44. The van der Waals surface area contributed by atoms with E-state index in [1.807, 2.05) is 30.3 Å². The van der Waals surface area contributed by atoms with E-state index in [0.29, 0.717) is 11.3 Å². The predicted octanol–water partition coefficient (Wildman–Crippen LogP) is 2.62. The number of rotatable bonds is 4. The van der Waals surface area contributed by atoms with Crippen LogP contribution in [0.4, 0.5) is 5.69 Å². The van der Waals surface area contributed by atoms with Gasteiger partial charge in [0, 0.05) is 17.3 Å². The summed E-state index contributed by atoms with van der Waals surface area (Å²) in [6, 6.07) is 14.0. The van der Waals surface area contributed by atoms with Gasteiger partial charge in [0.25, 0.3) is 0 Å². The lowest BCUT2D eigenvalue weighted by Crippen LogP contribution is -2.07. The summed E-state index contributed by atoms with van der Waals surface area (Å²) in [6.07, 6.45) is 3.47. The Hall–Kier alpha value is -2.31. The van der Waals surface area contributed by atoms with Gasteiger partial charge in [0.15, 0.2) is 5.75 Å². The first kappa shape index (κ1) is 14.1. The van der Waals surface area contributed by atoms with Gasteiger partial charge in [-0.3, -0.25) is 4.55 Å². The van der Waals surface area contributed by atoms with E-state index in [0.717, 1.165) is 5.56 Å². The molecule has 0 atom stereocenters. The largest absolute Gasteiger partial charge is 0.446 e. The van der Waals surface area contributed by atoms with Crippen molar-refractivity contribution in [2.24, 2.45) is 0 Å². The van der Waals surface area contributed by atoms with Gasteiger partial charge in [0.2, 0.25) is 0 Å². The van der Waals surface area contributed by atoms with Crippen molar-refractivity contribution in [2.45, 2.75) is 0 Å². The molecule has 0 aromatic heterocycles. The molecule has 0 aliphatic rings. The van der Waals surface area contributed by atoms with Gasteiger partial charge in [-0.1, -0.05) is 42.5 Å². The lowest BCUT2D eigenvalue weighted by Gasteiger charge is -2.06. The highest BCUT2D eigenvalue weighted by Crippen LogP contribution is 2.25. The van der Waals surface area contributed by atoms with Crippen LogP contribution in [0.25, 0.3) is 12.2 Å². The lowest BCUT2D eigenvalue weighted by atomic mass is 10.1. The Bertz CT molecular complexity index is 724. The Kier molecular flexibility index (Phi) is 4.07. The average Bonchev–Trinajstić information content (AvgIpc) is 2.37. The van der Waals surface area contributed by atoms with Crippen LogP contribution in [0.2, 0.25) is 0 Å². The Labute approximate surface area is 117 Å². The summed E-state index contributed by atoms with van der Waals surface area (Å²) in [5, 5.41) is 0. The normalized spacial score (nSPS) is 11.7. The molecule has 2 aromatic rings. The van der Waals surface area contributed by atoms with E-state index in [-0.39, 0.29) is 5.75 Å². The van der Waals surface area contributed by atoms with Crippen molar-refractivity contribution >= 4 is 28.2 Å². The molecule has 0 amide bonds. The van der Waals surface area contributed by atoms with Crippen LogP contribution in [0.1, 0.15) is 11.1 Å². The van der Waals surface area contributed by atoms with Crippen molar-refractivity contribution in [1.29, 1.82) is 0 Å². The van der Waals surface area contributed by atoms with Crippen LogP contribution >= 0.6 is 0 Å². The van der Waals surface area contributed by atoms with Gasteiger partial charge in [0.05, 0.1) is 0 Å². The van der Waals surface area contributed by atoms with Crippen molar-refractivity contribution in [2.75, 3.05) is 5.73 Å². The quantitative estimate of drug-likeness (QED) is 0.513. The second kappa shape index (κ2) is 5.77. The first-order valence-electron chi connectivity index (χ1n) is 5.73. The highest BCUT2D eigenvalue weighted by Gasteiger charge is 2.10. The minimum atomic E-state index is -4.59. The van der Waals surface area contributed by atoms with Crippen molar-refractivity contribution < 1.29 is 17.2 Å². The molecule has 0 fully saturated rings. The highest BCUT2D eigenvalue weighted by molar-refractivity contribution is 7.81. The van der Waals surface area contributed by atoms with Crippen LogP contribution in [0.3, 0.4) is 0 Å². The lowest BCUT2D eigenvalue weighted by molar-refractivity contribution is 0.386. The molecule has 104 valence electrons. The molecule has 0 unspecified atom stereocenters. The van der Waals surface area contributed by atoms with E-state index in [2.05, 4.69) is 4.18 Å². The fourth-order valence-corrected chi connectivity index (χ4v) is 2.00. The van der Waals surface area contributed by atoms with Gasteiger partial charge in [-0.2, -0.15) is 8.42 Å². The van der Waals surface area contributed by atoms with Gasteiger partial charge in [-0.05, 0) is 17.7 Å². The van der Waals surface area contributed by atoms with Gasteiger partial charge >= 0.3 is 10.4 Å². The number of hydrogen-bond acceptors (Lipinski definition) is 4. The molecule has 0 saturated heterocycles. The van der Waals surface area contributed by atoms with E-state index in [1.165, 1.54) is 6.07 Å². The highest BCUT2D eigenvalue weighted by atomic mass is 32.3. The minimum absolute atomic E-state index is 0.0281. The third kappa shape index (κ3) is 4.11. The van der Waals surface area contributed by atoms with Crippen LogP contribution in [-0.4, -0.2) is 13.0 Å². The third-order valence-electron chi connectivity index (χ3n) is 2.49. The number of nitrogens with two attached hydrogens (primary N) is 1. The molecule has 0 saturated carbocycles. The molecule has 2 rings (SSSR count). The summed E-state index contributed by atoms with van der Waals surface area (Å²) >= 11 is 0. The number of hydrogen-bond donors (Lipinski definition) is 2. The van der Waals surface area contributed by atoms with Gasteiger partial charge in [-0.15, -0.1) is 0 Å². The zero-order valence-electron chi connectivity index (χ0n) is 10.4. The molecule has 3 N–H and O–H groups in total. The SMILES string of the molecule is Nc1ccc(/C=C/c2ccccc2)c(OS(=O)(=O)O)c1. The molecule has 6 heteroatoms. The average molecular weight is 291 g/mol. The summed E-state index contributed by atoms with van der Waals surface area (Å²) in [7, 11) is -4.59. The standard InChI is InChI=1S/C14H13NO4S/c15-13-9-8-12(14(10-13)19-20(16,17)18)7-6-11-4-2-1-3-5-11/h1-10H,15H2,(H,16,17,18)/b7-6+. The topological polar surface area (TPSA) is 89.6 Å². The number of nitrogen functional groups attached to an aromatic ring is 1. The first-order valence-corrected chi connectivity index (χ1v) is 7.10. The van der Waals surface area contributed by atoms with Crippen LogP contribution in [0.5, 0.6) is 5.75 Å².